The summed E-state index contributed by atoms with van der Waals surface area (Å²) in [6, 6.07) is 0. The topological polar surface area (TPSA) is 58.9 Å². The van der Waals surface area contributed by atoms with Gasteiger partial charge in [0.2, 0.25) is 0 Å². The van der Waals surface area contributed by atoms with Crippen molar-refractivity contribution in [2.45, 2.75) is 80.1 Å². The van der Waals surface area contributed by atoms with Gasteiger partial charge < -0.3 is 0 Å². The first-order valence-electron chi connectivity index (χ1n) is 10.6. The van der Waals surface area contributed by atoms with Crippen LogP contribution in [0.5, 0.6) is 0 Å². The number of fused-ring (bicyclic) bond motifs is 4. The molecular weight excluding hydrogens is 336 g/mol. The maximum absolute atomic E-state index is 12.6. The molecule has 0 spiro atoms. The van der Waals surface area contributed by atoms with Gasteiger partial charge in [-0.3, -0.25) is 19.6 Å². The normalized spacial score (nSPS) is 43.8. The molecule has 4 fully saturated rings. The number of nitrogens with zero attached hydrogens (tertiary/aromatic N) is 2. The van der Waals surface area contributed by atoms with Gasteiger partial charge in [0.25, 0.3) is 0 Å². The molecule has 0 aliphatic heterocycles. The van der Waals surface area contributed by atoms with Crippen LogP contribution >= 0.6 is 0 Å². The molecule has 4 heteroatoms. The Balaban J connectivity index is 1.63. The van der Waals surface area contributed by atoms with E-state index in [0.717, 1.165) is 49.9 Å². The molecule has 0 amide bonds. The molecule has 4 nitrogen and oxygen atoms in total. The molecule has 0 aromatic heterocycles. The van der Waals surface area contributed by atoms with E-state index in [4.69, 9.17) is 9.98 Å². The summed E-state index contributed by atoms with van der Waals surface area (Å²) in [6.07, 6.45) is 5.99. The average molecular weight is 371 g/mol. The van der Waals surface area contributed by atoms with Crippen LogP contribution in [0.3, 0.4) is 0 Å². The van der Waals surface area contributed by atoms with Gasteiger partial charge in [0.1, 0.15) is 18.2 Å². The van der Waals surface area contributed by atoms with E-state index in [2.05, 4.69) is 27.7 Å². The van der Waals surface area contributed by atoms with Gasteiger partial charge in [-0.25, -0.2) is 0 Å². The molecule has 4 unspecified atom stereocenters. The Bertz CT molecular complexity index is 711. The molecule has 4 rings (SSSR count). The fourth-order valence-electron chi connectivity index (χ4n) is 7.68. The molecule has 4 bridgehead atoms. The number of carbonyl (C=O) groups is 2. The zero-order valence-corrected chi connectivity index (χ0v) is 17.8. The molecule has 0 N–H and O–H groups in total. The van der Waals surface area contributed by atoms with Crippen molar-refractivity contribution < 1.29 is 9.59 Å². The van der Waals surface area contributed by atoms with E-state index in [0.29, 0.717) is 18.5 Å². The Hall–Kier alpha value is -1.32. The van der Waals surface area contributed by atoms with Crippen LogP contribution in [0.1, 0.15) is 80.1 Å². The van der Waals surface area contributed by atoms with E-state index in [-0.39, 0.29) is 33.2 Å². The van der Waals surface area contributed by atoms with Crippen LogP contribution in [0.4, 0.5) is 0 Å². The van der Waals surface area contributed by atoms with Crippen molar-refractivity contribution in [3.05, 3.63) is 0 Å². The molecule has 27 heavy (non-hydrogen) atoms. The molecule has 0 heterocycles. The van der Waals surface area contributed by atoms with Gasteiger partial charge in [-0.15, -0.1) is 0 Å². The summed E-state index contributed by atoms with van der Waals surface area (Å²) >= 11 is 0. The quantitative estimate of drug-likeness (QED) is 0.723. The highest BCUT2D eigenvalue weighted by Crippen LogP contribution is 2.65. The maximum Gasteiger partial charge on any atom is 0.142 e. The first kappa shape index (κ1) is 19.0. The standard InChI is InChI=1S/C23H34N2O2/c1-14(26)22-9-7-16(20(22,3)4)11-18(22)24-13-25-19-12-17-8-10-23(19,15(2)27)21(17,5)6/h16-17H,7-13H2,1-6H3/b24-18+,25-19?. The van der Waals surface area contributed by atoms with E-state index in [1.165, 1.54) is 0 Å². The number of hydrogen-bond donors (Lipinski definition) is 0. The predicted molar refractivity (Wildman–Crippen MR) is 108 cm³/mol. The molecule has 4 atom stereocenters. The zero-order valence-electron chi connectivity index (χ0n) is 17.8. The van der Waals surface area contributed by atoms with Crippen LogP contribution in [0.2, 0.25) is 0 Å². The number of ketones is 2. The Morgan fingerprint density at radius 2 is 1.19 bits per heavy atom. The van der Waals surface area contributed by atoms with Crippen LogP contribution in [0, 0.1) is 33.5 Å². The van der Waals surface area contributed by atoms with Gasteiger partial charge >= 0.3 is 0 Å². The molecule has 0 aromatic carbocycles. The van der Waals surface area contributed by atoms with Gasteiger partial charge in [0.15, 0.2) is 0 Å². The first-order valence-corrected chi connectivity index (χ1v) is 10.6. The Morgan fingerprint density at radius 3 is 1.48 bits per heavy atom. The maximum atomic E-state index is 12.6. The second-order valence-corrected chi connectivity index (χ2v) is 10.6. The van der Waals surface area contributed by atoms with Crippen LogP contribution < -0.4 is 0 Å². The third kappa shape index (κ3) is 2.05. The smallest absolute Gasteiger partial charge is 0.142 e. The monoisotopic (exact) mass is 370 g/mol. The molecule has 0 aromatic rings. The van der Waals surface area contributed by atoms with Crippen molar-refractivity contribution in [3.8, 4) is 0 Å². The Labute approximate surface area is 163 Å². The molecule has 4 aliphatic carbocycles. The van der Waals surface area contributed by atoms with Crippen LogP contribution in [-0.4, -0.2) is 29.7 Å². The number of carbonyl (C=O) groups excluding carboxylic acids is 2. The minimum atomic E-state index is -0.385. The van der Waals surface area contributed by atoms with Crippen molar-refractivity contribution in [1.29, 1.82) is 0 Å². The summed E-state index contributed by atoms with van der Waals surface area (Å²) in [5, 5.41) is 0. The van der Waals surface area contributed by atoms with Gasteiger partial charge in [0, 0.05) is 11.4 Å². The van der Waals surface area contributed by atoms with Crippen LogP contribution in [0.15, 0.2) is 9.98 Å². The molecular formula is C23H34N2O2. The number of Topliss-reactive ketones (excluding diaryl/α,β-unsaturated/α-hetero) is 2. The fraction of sp³-hybridized carbons (Fsp3) is 0.826. The van der Waals surface area contributed by atoms with Crippen LogP contribution in [0.25, 0.3) is 0 Å². The molecule has 0 radical (unpaired) electrons. The third-order valence-corrected chi connectivity index (χ3v) is 9.57. The summed E-state index contributed by atoms with van der Waals surface area (Å²) in [6.45, 7) is 12.8. The lowest BCUT2D eigenvalue weighted by Crippen LogP contribution is -2.43. The molecule has 0 saturated heterocycles. The second-order valence-electron chi connectivity index (χ2n) is 10.6. The van der Waals surface area contributed by atoms with Crippen molar-refractivity contribution in [3.63, 3.8) is 0 Å². The average Bonchev–Trinajstić information content (AvgIpc) is 3.16. The second kappa shape index (κ2) is 5.61. The fourth-order valence-corrected chi connectivity index (χ4v) is 7.68. The predicted octanol–water partition coefficient (Wildman–Crippen LogP) is 4.66. The highest BCUT2D eigenvalue weighted by molar-refractivity contribution is 6.13. The number of hydrogen-bond acceptors (Lipinski definition) is 4. The Kier molecular flexibility index (Phi) is 3.95. The van der Waals surface area contributed by atoms with Gasteiger partial charge in [-0.2, -0.15) is 0 Å². The SMILES string of the molecule is CC(=O)C12CCC(CC1=NC/N=C1\CC3CCC1(C(C)=O)C3(C)C)C2(C)C. The van der Waals surface area contributed by atoms with Crippen molar-refractivity contribution in [2.75, 3.05) is 6.67 Å². The largest absolute Gasteiger partial charge is 0.299 e. The Morgan fingerprint density at radius 1 is 0.815 bits per heavy atom. The summed E-state index contributed by atoms with van der Waals surface area (Å²) in [5.74, 6) is 1.64. The van der Waals surface area contributed by atoms with Crippen LogP contribution in [-0.2, 0) is 9.59 Å². The van der Waals surface area contributed by atoms with E-state index >= 15 is 0 Å². The van der Waals surface area contributed by atoms with Crippen molar-refractivity contribution in [1.82, 2.24) is 0 Å². The minimum Gasteiger partial charge on any atom is -0.299 e. The van der Waals surface area contributed by atoms with Gasteiger partial charge in [0.05, 0.1) is 10.8 Å². The minimum absolute atomic E-state index is 0.000164. The van der Waals surface area contributed by atoms with E-state index in [9.17, 15) is 9.59 Å². The van der Waals surface area contributed by atoms with E-state index in [1.807, 2.05) is 0 Å². The van der Waals surface area contributed by atoms with Crippen molar-refractivity contribution in [2.24, 2.45) is 43.5 Å². The summed E-state index contributed by atoms with van der Waals surface area (Å²) in [5.41, 5.74) is 1.37. The molecule has 4 saturated carbocycles. The highest BCUT2D eigenvalue weighted by atomic mass is 16.1. The van der Waals surface area contributed by atoms with E-state index in [1.54, 1.807) is 13.8 Å². The summed E-state index contributed by atoms with van der Waals surface area (Å²) in [4.78, 5) is 35.0. The number of rotatable bonds is 4. The van der Waals surface area contributed by atoms with Crippen molar-refractivity contribution >= 4 is 23.0 Å². The molecule has 4 aliphatic rings. The zero-order chi connectivity index (χ0) is 19.8. The highest BCUT2D eigenvalue weighted by Gasteiger charge is 2.66. The number of aliphatic imine (C=N–C) groups is 2. The van der Waals surface area contributed by atoms with Gasteiger partial charge in [-0.05, 0) is 75.0 Å². The lowest BCUT2D eigenvalue weighted by molar-refractivity contribution is -0.127. The lowest BCUT2D eigenvalue weighted by Gasteiger charge is -2.36. The summed E-state index contributed by atoms with van der Waals surface area (Å²) < 4.78 is 0. The summed E-state index contributed by atoms with van der Waals surface area (Å²) in [7, 11) is 0. The van der Waals surface area contributed by atoms with E-state index < -0.39 is 0 Å². The third-order valence-electron chi connectivity index (χ3n) is 9.57. The lowest BCUT2D eigenvalue weighted by atomic mass is 9.66. The van der Waals surface area contributed by atoms with Gasteiger partial charge in [-0.1, -0.05) is 27.7 Å². The molecule has 148 valence electrons. The first-order chi connectivity index (χ1) is 12.5.